The number of hydrogen-bond acceptors (Lipinski definition) is 4. The summed E-state index contributed by atoms with van der Waals surface area (Å²) in [7, 11) is 0.478. The van der Waals surface area contributed by atoms with Crippen LogP contribution in [-0.4, -0.2) is 47.6 Å². The van der Waals surface area contributed by atoms with Crippen molar-refractivity contribution < 1.29 is 14.9 Å². The number of hydrogen-bond donors (Lipinski definition) is 2. The minimum absolute atomic E-state index is 0.478. The summed E-state index contributed by atoms with van der Waals surface area (Å²) in [6, 6.07) is 8.36. The number of rotatable bonds is 5. The maximum Gasteiger partial charge on any atom is 0.309 e. The quantitative estimate of drug-likeness (QED) is 0.809. The number of benzene rings is 1. The maximum atomic E-state index is 10.1. The van der Waals surface area contributed by atoms with E-state index in [1.165, 1.54) is 5.69 Å². The molecule has 0 amide bonds. The summed E-state index contributed by atoms with van der Waals surface area (Å²) < 4.78 is 5.90. The van der Waals surface area contributed by atoms with E-state index in [-0.39, 0.29) is 0 Å². The Labute approximate surface area is 140 Å². The monoisotopic (exact) mass is 319 g/mol. The molecule has 1 aliphatic rings. The van der Waals surface area contributed by atoms with Gasteiger partial charge in [0, 0.05) is 18.8 Å². The molecule has 1 heterocycles. The Morgan fingerprint density at radius 2 is 1.61 bits per heavy atom. The standard InChI is InChI=1S/C18H30BNO3/c1-16(2,21)17(3,4)23-19-14-6-8-15(9-7-14)20-12-10-18(5,22)11-13-20/h6-9,19,21-22H,10-13H2,1-5H3. The van der Waals surface area contributed by atoms with Gasteiger partial charge in [-0.05, 0) is 59.6 Å². The molecule has 128 valence electrons. The third-order valence-electron chi connectivity index (χ3n) is 5.22. The Morgan fingerprint density at radius 1 is 1.09 bits per heavy atom. The third kappa shape index (κ3) is 4.72. The molecule has 1 fully saturated rings. The molecule has 1 aromatic carbocycles. The molecule has 0 saturated carbocycles. The predicted octanol–water partition coefficient (Wildman–Crippen LogP) is 1.58. The lowest BCUT2D eigenvalue weighted by Gasteiger charge is -2.38. The number of anilines is 1. The van der Waals surface area contributed by atoms with Crippen LogP contribution in [0, 0.1) is 0 Å². The zero-order valence-electron chi connectivity index (χ0n) is 15.1. The lowest BCUT2D eigenvalue weighted by Crippen LogP contribution is -2.49. The molecule has 23 heavy (non-hydrogen) atoms. The van der Waals surface area contributed by atoms with Crippen LogP contribution in [0.1, 0.15) is 47.5 Å². The highest BCUT2D eigenvalue weighted by atomic mass is 16.5. The number of aliphatic hydroxyl groups is 2. The Morgan fingerprint density at radius 3 is 2.09 bits per heavy atom. The molecule has 2 N–H and O–H groups in total. The fraction of sp³-hybridized carbons (Fsp3) is 0.667. The molecule has 4 nitrogen and oxygen atoms in total. The van der Waals surface area contributed by atoms with Crippen LogP contribution < -0.4 is 10.4 Å². The summed E-state index contributed by atoms with van der Waals surface area (Å²) >= 11 is 0. The van der Waals surface area contributed by atoms with Gasteiger partial charge >= 0.3 is 7.48 Å². The minimum Gasteiger partial charge on any atom is -0.427 e. The number of piperidine rings is 1. The van der Waals surface area contributed by atoms with Crippen LogP contribution in [-0.2, 0) is 4.65 Å². The van der Waals surface area contributed by atoms with Crippen molar-refractivity contribution >= 4 is 18.6 Å². The van der Waals surface area contributed by atoms with Gasteiger partial charge < -0.3 is 19.8 Å². The van der Waals surface area contributed by atoms with Crippen molar-refractivity contribution in [1.82, 2.24) is 0 Å². The van der Waals surface area contributed by atoms with E-state index in [0.717, 1.165) is 31.4 Å². The van der Waals surface area contributed by atoms with Gasteiger partial charge in [0.2, 0.25) is 0 Å². The zero-order chi connectivity index (χ0) is 17.3. The first-order chi connectivity index (χ1) is 10.5. The molecular formula is C18H30BNO3. The number of nitrogens with zero attached hydrogens (tertiary/aromatic N) is 1. The summed E-state index contributed by atoms with van der Waals surface area (Å²) in [5.41, 5.74) is 0.260. The van der Waals surface area contributed by atoms with Crippen molar-refractivity contribution in [3.63, 3.8) is 0 Å². The molecule has 1 aromatic rings. The van der Waals surface area contributed by atoms with Crippen LogP contribution >= 0.6 is 0 Å². The van der Waals surface area contributed by atoms with Gasteiger partial charge in [-0.25, -0.2) is 0 Å². The molecule has 0 atom stereocenters. The smallest absolute Gasteiger partial charge is 0.309 e. The van der Waals surface area contributed by atoms with Crippen molar-refractivity contribution in [2.75, 3.05) is 18.0 Å². The van der Waals surface area contributed by atoms with Crippen LogP contribution in [0.2, 0.25) is 0 Å². The van der Waals surface area contributed by atoms with Crippen molar-refractivity contribution in [1.29, 1.82) is 0 Å². The Bertz CT molecular complexity index is 510. The molecule has 1 saturated heterocycles. The van der Waals surface area contributed by atoms with E-state index in [9.17, 15) is 10.2 Å². The van der Waals surface area contributed by atoms with Gasteiger partial charge in [0.25, 0.3) is 0 Å². The molecule has 0 bridgehead atoms. The van der Waals surface area contributed by atoms with E-state index in [2.05, 4.69) is 29.2 Å². The van der Waals surface area contributed by atoms with Crippen molar-refractivity contribution in [3.8, 4) is 0 Å². The van der Waals surface area contributed by atoms with Crippen molar-refractivity contribution in [2.45, 2.75) is 64.3 Å². The zero-order valence-corrected chi connectivity index (χ0v) is 15.1. The Kier molecular flexibility index (Phi) is 5.14. The molecule has 1 aliphatic heterocycles. The van der Waals surface area contributed by atoms with E-state index in [0.29, 0.717) is 7.48 Å². The highest BCUT2D eigenvalue weighted by Gasteiger charge is 2.35. The fourth-order valence-corrected chi connectivity index (χ4v) is 2.49. The first-order valence-electron chi connectivity index (χ1n) is 8.43. The lowest BCUT2D eigenvalue weighted by atomic mass is 9.82. The third-order valence-corrected chi connectivity index (χ3v) is 5.22. The topological polar surface area (TPSA) is 52.9 Å². The Hall–Kier alpha value is -1.04. The molecule has 0 aromatic heterocycles. The van der Waals surface area contributed by atoms with Gasteiger partial charge in [0.05, 0.1) is 16.8 Å². The van der Waals surface area contributed by atoms with Gasteiger partial charge in [-0.1, -0.05) is 17.6 Å². The van der Waals surface area contributed by atoms with Crippen molar-refractivity contribution in [3.05, 3.63) is 24.3 Å². The second-order valence-corrected chi connectivity index (χ2v) is 8.01. The van der Waals surface area contributed by atoms with Crippen LogP contribution in [0.4, 0.5) is 5.69 Å². The maximum absolute atomic E-state index is 10.1. The van der Waals surface area contributed by atoms with E-state index in [1.54, 1.807) is 13.8 Å². The molecule has 2 rings (SSSR count). The van der Waals surface area contributed by atoms with E-state index in [4.69, 9.17) is 4.65 Å². The largest absolute Gasteiger partial charge is 0.427 e. The molecule has 0 unspecified atom stereocenters. The van der Waals surface area contributed by atoms with E-state index < -0.39 is 16.8 Å². The van der Waals surface area contributed by atoms with Crippen molar-refractivity contribution in [2.24, 2.45) is 0 Å². The minimum atomic E-state index is -0.891. The van der Waals surface area contributed by atoms with Gasteiger partial charge in [-0.2, -0.15) is 0 Å². The normalized spacial score (nSPS) is 18.8. The van der Waals surface area contributed by atoms with Crippen LogP contribution in [0.25, 0.3) is 0 Å². The van der Waals surface area contributed by atoms with Gasteiger partial charge in [-0.15, -0.1) is 0 Å². The average molecular weight is 319 g/mol. The SMILES string of the molecule is CC1(O)CCN(c2ccc(BOC(C)(C)C(C)(C)O)cc2)CC1. The van der Waals surface area contributed by atoms with Gasteiger partial charge in [0.1, 0.15) is 0 Å². The molecule has 0 spiro atoms. The summed E-state index contributed by atoms with van der Waals surface area (Å²) in [5, 5.41) is 20.2. The summed E-state index contributed by atoms with van der Waals surface area (Å²) in [5.74, 6) is 0. The second kappa shape index (κ2) is 6.46. The molecule has 0 aliphatic carbocycles. The second-order valence-electron chi connectivity index (χ2n) is 8.01. The van der Waals surface area contributed by atoms with E-state index in [1.807, 2.05) is 20.8 Å². The summed E-state index contributed by atoms with van der Waals surface area (Å²) in [4.78, 5) is 2.31. The highest BCUT2D eigenvalue weighted by Crippen LogP contribution is 2.26. The predicted molar refractivity (Wildman–Crippen MR) is 96.8 cm³/mol. The van der Waals surface area contributed by atoms with Gasteiger partial charge in [0.15, 0.2) is 0 Å². The highest BCUT2D eigenvalue weighted by molar-refractivity contribution is 6.47. The summed E-state index contributed by atoms with van der Waals surface area (Å²) in [6.07, 6.45) is 1.61. The first-order valence-corrected chi connectivity index (χ1v) is 8.43. The van der Waals surface area contributed by atoms with Gasteiger partial charge in [-0.3, -0.25) is 0 Å². The molecule has 5 heteroatoms. The lowest BCUT2D eigenvalue weighted by molar-refractivity contribution is -0.0893. The van der Waals surface area contributed by atoms with E-state index >= 15 is 0 Å². The fourth-order valence-electron chi connectivity index (χ4n) is 2.49. The first kappa shape index (κ1) is 18.3. The van der Waals surface area contributed by atoms with Crippen LogP contribution in [0.5, 0.6) is 0 Å². The Balaban J connectivity index is 1.93. The van der Waals surface area contributed by atoms with Crippen LogP contribution in [0.3, 0.4) is 0 Å². The molecular weight excluding hydrogens is 289 g/mol. The summed E-state index contributed by atoms with van der Waals surface area (Å²) in [6.45, 7) is 11.0. The average Bonchev–Trinajstić information content (AvgIpc) is 2.45. The van der Waals surface area contributed by atoms with Crippen LogP contribution in [0.15, 0.2) is 24.3 Å². The molecule has 0 radical (unpaired) electrons.